The zero-order valence-electron chi connectivity index (χ0n) is 23.6. The van der Waals surface area contributed by atoms with E-state index in [2.05, 4.69) is 64.9 Å². The van der Waals surface area contributed by atoms with Crippen LogP contribution in [0.15, 0.2) is 108 Å². The van der Waals surface area contributed by atoms with Crippen molar-refractivity contribution in [3.8, 4) is 0 Å². The largest absolute Gasteiger partial charge is 0.379 e. The van der Waals surface area contributed by atoms with Gasteiger partial charge in [-0.05, 0) is 53.5 Å². The number of morpholine rings is 1. The Morgan fingerprint density at radius 3 is 2.19 bits per heavy atom. The minimum atomic E-state index is -0.760. The number of ether oxygens (including phenoxy) is 2. The highest BCUT2D eigenvalue weighted by Crippen LogP contribution is 2.52. The van der Waals surface area contributed by atoms with Crippen LogP contribution >= 0.6 is 0 Å². The maximum absolute atomic E-state index is 13.6. The summed E-state index contributed by atoms with van der Waals surface area (Å²) in [5.41, 5.74) is 5.16. The summed E-state index contributed by atoms with van der Waals surface area (Å²) in [4.78, 5) is 32.2. The Morgan fingerprint density at radius 2 is 1.57 bits per heavy atom. The second kappa shape index (κ2) is 13.6. The molecule has 8 nitrogen and oxygen atoms in total. The maximum atomic E-state index is 13.6. The Balaban J connectivity index is 0.00000113. The molecule has 3 unspecified atom stereocenters. The average Bonchev–Trinajstić information content (AvgIpc) is 3.60. The van der Waals surface area contributed by atoms with E-state index in [0.717, 1.165) is 55.4 Å². The summed E-state index contributed by atoms with van der Waals surface area (Å²) in [7, 11) is 0. The van der Waals surface area contributed by atoms with Gasteiger partial charge in [-0.3, -0.25) is 9.69 Å². The van der Waals surface area contributed by atoms with Gasteiger partial charge in [0.2, 0.25) is 0 Å². The van der Waals surface area contributed by atoms with Gasteiger partial charge in [-0.2, -0.15) is 9.59 Å². The van der Waals surface area contributed by atoms with Crippen LogP contribution in [0.4, 0.5) is 11.4 Å². The highest BCUT2D eigenvalue weighted by atomic mass is 16.5. The normalized spacial score (nSPS) is 21.7. The molecule has 3 aromatic rings. The molecule has 0 aliphatic carbocycles. The molecule has 0 saturated carbocycles. The molecule has 6 rings (SSSR count). The van der Waals surface area contributed by atoms with Gasteiger partial charge in [-0.1, -0.05) is 73.7 Å². The zero-order valence-corrected chi connectivity index (χ0v) is 23.6. The number of anilines is 2. The first-order valence-electron chi connectivity index (χ1n) is 14.2. The Labute approximate surface area is 246 Å². The molecule has 2 bridgehead atoms. The van der Waals surface area contributed by atoms with Crippen molar-refractivity contribution in [1.29, 1.82) is 0 Å². The molecule has 3 aliphatic heterocycles. The lowest BCUT2D eigenvalue weighted by Crippen LogP contribution is -2.40. The Hall–Kier alpha value is -4.33. The van der Waals surface area contributed by atoms with Gasteiger partial charge >= 0.3 is 6.15 Å². The third kappa shape index (κ3) is 6.27. The van der Waals surface area contributed by atoms with E-state index < -0.39 is 5.60 Å². The molecule has 1 amide bonds. The maximum Gasteiger partial charge on any atom is 0.373 e. The number of carbonyl (C=O) groups is 1. The second-order valence-electron chi connectivity index (χ2n) is 10.4. The van der Waals surface area contributed by atoms with Crippen LogP contribution in [0, 0.1) is 0 Å². The van der Waals surface area contributed by atoms with E-state index in [1.807, 2.05) is 54.6 Å². The summed E-state index contributed by atoms with van der Waals surface area (Å²) in [5, 5.41) is 6.84. The monoisotopic (exact) mass is 565 g/mol. The summed E-state index contributed by atoms with van der Waals surface area (Å²) in [5.74, 6) is -0.103. The van der Waals surface area contributed by atoms with Gasteiger partial charge in [-0.15, -0.1) is 0 Å². The Kier molecular flexibility index (Phi) is 9.41. The van der Waals surface area contributed by atoms with E-state index in [0.29, 0.717) is 12.0 Å². The quantitative estimate of drug-likeness (QED) is 0.347. The predicted molar refractivity (Wildman–Crippen MR) is 159 cm³/mol. The predicted octanol–water partition coefficient (Wildman–Crippen LogP) is 5.14. The minimum absolute atomic E-state index is 0.103. The molecule has 3 aromatic carbocycles. The number of hydrogen-bond acceptors (Lipinski definition) is 7. The van der Waals surface area contributed by atoms with Crippen LogP contribution in [0.1, 0.15) is 30.5 Å². The summed E-state index contributed by atoms with van der Waals surface area (Å²) in [6.07, 6.45) is 4.77. The molecule has 1 fully saturated rings. The van der Waals surface area contributed by atoms with Crippen LogP contribution in [-0.4, -0.2) is 55.0 Å². The first-order valence-corrected chi connectivity index (χ1v) is 14.2. The topological polar surface area (TPSA) is 97.0 Å². The molecule has 2 N–H and O–H groups in total. The van der Waals surface area contributed by atoms with Crippen LogP contribution in [0.25, 0.3) is 0 Å². The van der Waals surface area contributed by atoms with E-state index >= 15 is 0 Å². The van der Waals surface area contributed by atoms with Crippen molar-refractivity contribution in [2.75, 3.05) is 36.9 Å². The third-order valence-electron chi connectivity index (χ3n) is 7.89. The summed E-state index contributed by atoms with van der Waals surface area (Å²) in [6, 6.07) is 28.4. The Bertz CT molecular complexity index is 1440. The van der Waals surface area contributed by atoms with Crippen molar-refractivity contribution in [1.82, 2.24) is 4.90 Å². The number of hydrogen-bond donors (Lipinski definition) is 2. The lowest BCUT2D eigenvalue weighted by atomic mass is 9.77. The third-order valence-corrected chi connectivity index (χ3v) is 7.89. The SMILES string of the molecule is CCC1=C(C(=O)Nc2ccccc2)C2C=CC1(C(Nc1ccccc1)c1ccc(CN3CCOCC3)cc1)O2.O=C=O. The molecule has 3 heterocycles. The fourth-order valence-electron chi connectivity index (χ4n) is 5.99. The van der Waals surface area contributed by atoms with Crippen LogP contribution in [0.5, 0.6) is 0 Å². The van der Waals surface area contributed by atoms with E-state index in [1.54, 1.807) is 0 Å². The van der Waals surface area contributed by atoms with Gasteiger partial charge in [-0.25, -0.2) is 0 Å². The number of para-hydroxylation sites is 2. The van der Waals surface area contributed by atoms with E-state index in [4.69, 9.17) is 19.1 Å². The van der Waals surface area contributed by atoms with Crippen LogP contribution in [0.2, 0.25) is 0 Å². The summed E-state index contributed by atoms with van der Waals surface area (Å²) >= 11 is 0. The van der Waals surface area contributed by atoms with Gasteiger partial charge < -0.3 is 20.1 Å². The van der Waals surface area contributed by atoms with Crippen molar-refractivity contribution < 1.29 is 23.9 Å². The van der Waals surface area contributed by atoms with Gasteiger partial charge in [0, 0.05) is 31.0 Å². The highest BCUT2D eigenvalue weighted by molar-refractivity contribution is 6.06. The lowest BCUT2D eigenvalue weighted by molar-refractivity contribution is -0.191. The summed E-state index contributed by atoms with van der Waals surface area (Å²) in [6.45, 7) is 6.52. The van der Waals surface area contributed by atoms with Crippen LogP contribution in [-0.2, 0) is 30.4 Å². The first kappa shape index (κ1) is 29.2. The Morgan fingerprint density at radius 1 is 0.952 bits per heavy atom. The highest BCUT2D eigenvalue weighted by Gasteiger charge is 2.54. The van der Waals surface area contributed by atoms with Gasteiger partial charge in [0.1, 0.15) is 11.7 Å². The number of rotatable bonds is 9. The fraction of sp³-hybridized carbons (Fsp3) is 0.294. The summed E-state index contributed by atoms with van der Waals surface area (Å²) < 4.78 is 12.2. The molecule has 216 valence electrons. The molecule has 3 aliphatic rings. The van der Waals surface area contributed by atoms with Crippen LogP contribution in [0.3, 0.4) is 0 Å². The van der Waals surface area contributed by atoms with Crippen molar-refractivity contribution in [2.45, 2.75) is 37.6 Å². The molecular formula is C34H35N3O5. The number of nitrogens with zero attached hydrogens (tertiary/aromatic N) is 1. The molecule has 0 aromatic heterocycles. The van der Waals surface area contributed by atoms with E-state index in [-0.39, 0.29) is 24.2 Å². The molecule has 42 heavy (non-hydrogen) atoms. The van der Waals surface area contributed by atoms with Crippen molar-refractivity contribution in [3.05, 3.63) is 119 Å². The van der Waals surface area contributed by atoms with Crippen LogP contribution < -0.4 is 10.6 Å². The second-order valence-corrected chi connectivity index (χ2v) is 10.4. The average molecular weight is 566 g/mol. The van der Waals surface area contributed by atoms with E-state index in [9.17, 15) is 4.79 Å². The number of amides is 1. The fourth-order valence-corrected chi connectivity index (χ4v) is 5.99. The van der Waals surface area contributed by atoms with Crippen molar-refractivity contribution in [3.63, 3.8) is 0 Å². The first-order chi connectivity index (χ1) is 20.6. The number of nitrogens with one attached hydrogen (secondary N) is 2. The molecule has 1 saturated heterocycles. The minimum Gasteiger partial charge on any atom is -0.379 e. The van der Waals surface area contributed by atoms with Gasteiger partial charge in [0.15, 0.2) is 0 Å². The number of fused-ring (bicyclic) bond motifs is 2. The number of benzene rings is 3. The van der Waals surface area contributed by atoms with Crippen molar-refractivity contribution >= 4 is 23.4 Å². The zero-order chi connectivity index (χ0) is 29.4. The number of carbonyl (C=O) groups excluding carboxylic acids is 3. The standard InChI is InChI=1S/C33H35N3O3.CO2/c1-2-28-30(32(37)35-27-11-7-4-8-12-27)29-17-18-33(28,39-29)31(34-26-9-5-3-6-10-26)25-15-13-24(14-16-25)23-36-19-21-38-22-20-36;2-1-3/h3-18,29,31,34H,2,19-23H2,1H3,(H,35,37);. The smallest absolute Gasteiger partial charge is 0.373 e. The molecular weight excluding hydrogens is 530 g/mol. The van der Waals surface area contributed by atoms with E-state index in [1.165, 1.54) is 5.56 Å². The molecule has 8 heteroatoms. The molecule has 0 spiro atoms. The van der Waals surface area contributed by atoms with Crippen molar-refractivity contribution in [2.24, 2.45) is 0 Å². The molecule has 3 atom stereocenters. The molecule has 0 radical (unpaired) electrons. The lowest BCUT2D eigenvalue weighted by Gasteiger charge is -2.37. The van der Waals surface area contributed by atoms with Gasteiger partial charge in [0.05, 0.1) is 24.8 Å². The van der Waals surface area contributed by atoms with Gasteiger partial charge in [0.25, 0.3) is 5.91 Å².